The highest BCUT2D eigenvalue weighted by atomic mass is 14.9. The van der Waals surface area contributed by atoms with Gasteiger partial charge in [-0.15, -0.1) is 0 Å². The zero-order chi connectivity index (χ0) is 14.8. The van der Waals surface area contributed by atoms with E-state index < -0.39 is 0 Å². The third-order valence-corrected chi connectivity index (χ3v) is 4.84. The first kappa shape index (κ1) is 14.5. The maximum absolute atomic E-state index is 4.61. The molecule has 2 aromatic rings. The van der Waals surface area contributed by atoms with E-state index in [1.807, 2.05) is 0 Å². The van der Waals surface area contributed by atoms with E-state index in [2.05, 4.69) is 61.4 Å². The van der Waals surface area contributed by atoms with Crippen molar-refractivity contribution in [1.29, 1.82) is 0 Å². The van der Waals surface area contributed by atoms with Crippen molar-refractivity contribution in [3.63, 3.8) is 0 Å². The highest BCUT2D eigenvalue weighted by Crippen LogP contribution is 2.39. The molecule has 21 heavy (non-hydrogen) atoms. The van der Waals surface area contributed by atoms with Gasteiger partial charge in [-0.1, -0.05) is 32.4 Å². The number of pyridine rings is 1. The minimum atomic E-state index is 0.491. The molecule has 0 saturated heterocycles. The van der Waals surface area contributed by atoms with Gasteiger partial charge >= 0.3 is 0 Å². The molecule has 0 spiro atoms. The third-order valence-electron chi connectivity index (χ3n) is 4.84. The molecular formula is C19H26N2. The van der Waals surface area contributed by atoms with Crippen molar-refractivity contribution in [1.82, 2.24) is 10.3 Å². The third kappa shape index (κ3) is 3.11. The summed E-state index contributed by atoms with van der Waals surface area (Å²) in [4.78, 5) is 4.61. The Hall–Kier alpha value is -1.41. The second-order valence-electron chi connectivity index (χ2n) is 6.62. The van der Waals surface area contributed by atoms with E-state index in [0.29, 0.717) is 6.04 Å². The number of aryl methyl sites for hydroxylation is 1. The first-order valence-corrected chi connectivity index (χ1v) is 8.28. The molecule has 2 nitrogen and oxygen atoms in total. The molecule has 1 saturated carbocycles. The van der Waals surface area contributed by atoms with E-state index in [1.165, 1.54) is 30.2 Å². The summed E-state index contributed by atoms with van der Waals surface area (Å²) in [6.07, 6.45) is 4.08. The fraction of sp³-hybridized carbons (Fsp3) is 0.526. The summed E-state index contributed by atoms with van der Waals surface area (Å²) in [7, 11) is 0. The van der Waals surface area contributed by atoms with Crippen LogP contribution in [0.1, 0.15) is 50.4 Å². The second kappa shape index (κ2) is 6.15. The molecule has 0 amide bonds. The maximum atomic E-state index is 4.61. The standard InChI is InChI=1S/C19H26N2/c1-4-20-19(16-7-5-13(2)11-16)17-9-10-18-15(12-17)8-6-14(3)21-18/h6,8-10,12-13,16,19-20H,4-5,7,11H2,1-3H3. The van der Waals surface area contributed by atoms with E-state index >= 15 is 0 Å². The van der Waals surface area contributed by atoms with Crippen LogP contribution in [0.2, 0.25) is 0 Å². The van der Waals surface area contributed by atoms with Crippen LogP contribution >= 0.6 is 0 Å². The van der Waals surface area contributed by atoms with Crippen molar-refractivity contribution < 1.29 is 0 Å². The molecule has 1 heterocycles. The highest BCUT2D eigenvalue weighted by Gasteiger charge is 2.29. The molecule has 1 aliphatic carbocycles. The molecule has 3 unspecified atom stereocenters. The molecule has 0 radical (unpaired) electrons. The minimum absolute atomic E-state index is 0.491. The van der Waals surface area contributed by atoms with Crippen LogP contribution in [0.5, 0.6) is 0 Å². The number of nitrogens with one attached hydrogen (secondary N) is 1. The van der Waals surface area contributed by atoms with Gasteiger partial charge in [-0.05, 0) is 61.9 Å². The number of benzene rings is 1. The number of nitrogens with zero attached hydrogens (tertiary/aromatic N) is 1. The van der Waals surface area contributed by atoms with E-state index in [9.17, 15) is 0 Å². The van der Waals surface area contributed by atoms with Gasteiger partial charge in [0.1, 0.15) is 0 Å². The molecule has 112 valence electrons. The van der Waals surface area contributed by atoms with E-state index in [4.69, 9.17) is 0 Å². The SMILES string of the molecule is CCNC(c1ccc2nc(C)ccc2c1)C1CCC(C)C1. The Kier molecular flexibility index (Phi) is 4.25. The number of fused-ring (bicyclic) bond motifs is 1. The van der Waals surface area contributed by atoms with Crippen molar-refractivity contribution in [2.24, 2.45) is 11.8 Å². The topological polar surface area (TPSA) is 24.9 Å². The zero-order valence-corrected chi connectivity index (χ0v) is 13.4. The summed E-state index contributed by atoms with van der Waals surface area (Å²) in [5.74, 6) is 1.65. The molecule has 3 atom stereocenters. The van der Waals surface area contributed by atoms with Crippen molar-refractivity contribution in [2.45, 2.75) is 46.1 Å². The Morgan fingerprint density at radius 3 is 2.81 bits per heavy atom. The summed E-state index contributed by atoms with van der Waals surface area (Å²) in [6, 6.07) is 11.6. The summed E-state index contributed by atoms with van der Waals surface area (Å²) in [5, 5.41) is 4.97. The lowest BCUT2D eigenvalue weighted by molar-refractivity contribution is 0.365. The Balaban J connectivity index is 1.93. The number of aromatic nitrogens is 1. The van der Waals surface area contributed by atoms with E-state index in [0.717, 1.165) is 29.6 Å². The number of hydrogen-bond donors (Lipinski definition) is 1. The Labute approximate surface area is 128 Å². The molecular weight excluding hydrogens is 256 g/mol. The second-order valence-corrected chi connectivity index (χ2v) is 6.62. The smallest absolute Gasteiger partial charge is 0.0705 e. The lowest BCUT2D eigenvalue weighted by Crippen LogP contribution is -2.27. The van der Waals surface area contributed by atoms with Crippen molar-refractivity contribution in [3.05, 3.63) is 41.6 Å². The zero-order valence-electron chi connectivity index (χ0n) is 13.4. The van der Waals surface area contributed by atoms with Crippen molar-refractivity contribution in [2.75, 3.05) is 6.54 Å². The van der Waals surface area contributed by atoms with Gasteiger partial charge in [0, 0.05) is 17.1 Å². The monoisotopic (exact) mass is 282 g/mol. The fourth-order valence-electron chi connectivity index (χ4n) is 3.77. The first-order valence-electron chi connectivity index (χ1n) is 8.28. The molecule has 1 N–H and O–H groups in total. The van der Waals surface area contributed by atoms with Gasteiger partial charge in [-0.25, -0.2) is 0 Å². The largest absolute Gasteiger partial charge is 0.310 e. The minimum Gasteiger partial charge on any atom is -0.310 e. The first-order chi connectivity index (χ1) is 10.2. The molecule has 2 heteroatoms. The summed E-state index contributed by atoms with van der Waals surface area (Å²) in [6.45, 7) is 7.67. The van der Waals surface area contributed by atoms with Crippen LogP contribution in [0.3, 0.4) is 0 Å². The van der Waals surface area contributed by atoms with Crippen LogP contribution in [-0.4, -0.2) is 11.5 Å². The summed E-state index contributed by atoms with van der Waals surface area (Å²) < 4.78 is 0. The predicted octanol–water partition coefficient (Wildman–Crippen LogP) is 4.63. The van der Waals surface area contributed by atoms with Crippen LogP contribution in [0.4, 0.5) is 0 Å². The van der Waals surface area contributed by atoms with Crippen LogP contribution in [0.15, 0.2) is 30.3 Å². The number of hydrogen-bond acceptors (Lipinski definition) is 2. The summed E-state index contributed by atoms with van der Waals surface area (Å²) in [5.41, 5.74) is 3.62. The maximum Gasteiger partial charge on any atom is 0.0705 e. The Morgan fingerprint density at radius 2 is 2.10 bits per heavy atom. The molecule has 0 aliphatic heterocycles. The normalized spacial score (nSPS) is 23.6. The lowest BCUT2D eigenvalue weighted by Gasteiger charge is -2.25. The van der Waals surface area contributed by atoms with E-state index in [-0.39, 0.29) is 0 Å². The summed E-state index contributed by atoms with van der Waals surface area (Å²) >= 11 is 0. The highest BCUT2D eigenvalue weighted by molar-refractivity contribution is 5.79. The van der Waals surface area contributed by atoms with E-state index in [1.54, 1.807) is 0 Å². The van der Waals surface area contributed by atoms with Gasteiger partial charge in [0.05, 0.1) is 5.52 Å². The molecule has 1 aromatic carbocycles. The van der Waals surface area contributed by atoms with Crippen LogP contribution in [-0.2, 0) is 0 Å². The molecule has 3 rings (SSSR count). The fourth-order valence-corrected chi connectivity index (χ4v) is 3.77. The predicted molar refractivity (Wildman–Crippen MR) is 89.4 cm³/mol. The van der Waals surface area contributed by atoms with Gasteiger partial charge in [-0.2, -0.15) is 0 Å². The molecule has 1 aromatic heterocycles. The molecule has 1 fully saturated rings. The molecule has 0 bridgehead atoms. The Bertz CT molecular complexity index is 620. The van der Waals surface area contributed by atoms with Crippen molar-refractivity contribution >= 4 is 10.9 Å². The van der Waals surface area contributed by atoms with Crippen LogP contribution in [0, 0.1) is 18.8 Å². The average molecular weight is 282 g/mol. The lowest BCUT2D eigenvalue weighted by atomic mass is 9.90. The van der Waals surface area contributed by atoms with Gasteiger partial charge in [-0.3, -0.25) is 4.98 Å². The van der Waals surface area contributed by atoms with Gasteiger partial charge < -0.3 is 5.32 Å². The number of rotatable bonds is 4. The average Bonchev–Trinajstić information content (AvgIpc) is 2.90. The van der Waals surface area contributed by atoms with Crippen LogP contribution in [0.25, 0.3) is 10.9 Å². The van der Waals surface area contributed by atoms with Gasteiger partial charge in [0.15, 0.2) is 0 Å². The van der Waals surface area contributed by atoms with Crippen LogP contribution < -0.4 is 5.32 Å². The Morgan fingerprint density at radius 1 is 1.24 bits per heavy atom. The van der Waals surface area contributed by atoms with Crippen molar-refractivity contribution in [3.8, 4) is 0 Å². The van der Waals surface area contributed by atoms with Gasteiger partial charge in [0.25, 0.3) is 0 Å². The molecule has 1 aliphatic rings. The quantitative estimate of drug-likeness (QED) is 0.884. The van der Waals surface area contributed by atoms with Gasteiger partial charge in [0.2, 0.25) is 0 Å².